The van der Waals surface area contributed by atoms with Gasteiger partial charge in [-0.3, -0.25) is 0 Å². The van der Waals surface area contributed by atoms with Crippen molar-refractivity contribution < 1.29 is 1.43 Å². The Kier molecular flexibility index (Phi) is 3.81. The predicted octanol–water partition coefficient (Wildman–Crippen LogP) is 2.60. The lowest BCUT2D eigenvalue weighted by Gasteiger charge is -2.03. The van der Waals surface area contributed by atoms with E-state index in [-0.39, 0.29) is 1.43 Å². The zero-order valence-electron chi connectivity index (χ0n) is 7.93. The quantitative estimate of drug-likeness (QED) is 0.723. The highest BCUT2D eigenvalue weighted by Gasteiger charge is 1.92. The Bertz CT molecular complexity index is 235. The highest BCUT2D eigenvalue weighted by atomic mass is 14.8. The molecular formula is C11H19N. The number of nitrogens with one attached hydrogen (secondary N) is 1. The van der Waals surface area contributed by atoms with Gasteiger partial charge in [0.1, 0.15) is 0 Å². The summed E-state index contributed by atoms with van der Waals surface area (Å²) in [7, 11) is 0. The first kappa shape index (κ1) is 9.27. The first-order chi connectivity index (χ1) is 5.86. The Hall–Kier alpha value is -0.820. The van der Waals surface area contributed by atoms with Gasteiger partial charge in [0.25, 0.3) is 0 Å². The van der Waals surface area contributed by atoms with Gasteiger partial charge in [0, 0.05) is 7.97 Å². The molecule has 0 amide bonds. The fourth-order valence-electron chi connectivity index (χ4n) is 1.23. The minimum absolute atomic E-state index is 0. The monoisotopic (exact) mass is 165 g/mol. The van der Waals surface area contributed by atoms with Crippen molar-refractivity contribution in [2.45, 2.75) is 26.8 Å². The Balaban J connectivity index is 0.00000144. The number of aryl methyl sites for hydroxylation is 1. The zero-order valence-corrected chi connectivity index (χ0v) is 7.93. The molecule has 0 saturated heterocycles. The molecular weight excluding hydrogens is 146 g/mol. The normalized spacial score (nSPS) is 10.2. The molecule has 0 aliphatic rings. The van der Waals surface area contributed by atoms with Crippen LogP contribution in [0, 0.1) is 0 Å². The van der Waals surface area contributed by atoms with Crippen LogP contribution < -0.4 is 5.32 Å². The molecule has 1 aromatic rings. The molecule has 68 valence electrons. The average Bonchev–Trinajstić information content (AvgIpc) is 2.15. The van der Waals surface area contributed by atoms with Crippen LogP contribution in [0.5, 0.6) is 0 Å². The fourth-order valence-corrected chi connectivity index (χ4v) is 1.23. The third kappa shape index (κ3) is 2.67. The van der Waals surface area contributed by atoms with Crippen LogP contribution in [-0.2, 0) is 13.0 Å². The van der Waals surface area contributed by atoms with E-state index in [1.54, 1.807) is 0 Å². The van der Waals surface area contributed by atoms with Gasteiger partial charge in [-0.05, 0) is 24.1 Å². The summed E-state index contributed by atoms with van der Waals surface area (Å²) in [5.41, 5.74) is 2.81. The molecule has 0 aliphatic carbocycles. The van der Waals surface area contributed by atoms with E-state index in [9.17, 15) is 0 Å². The van der Waals surface area contributed by atoms with E-state index in [1.807, 2.05) is 0 Å². The lowest BCUT2D eigenvalue weighted by molar-refractivity contribution is 0.726. The summed E-state index contributed by atoms with van der Waals surface area (Å²) in [6.45, 7) is 6.34. The second kappa shape index (κ2) is 4.94. The molecule has 0 saturated carbocycles. The first-order valence-electron chi connectivity index (χ1n) is 4.65. The molecule has 0 aromatic heterocycles. The van der Waals surface area contributed by atoms with Crippen molar-refractivity contribution in [2.75, 3.05) is 6.54 Å². The SMILES string of the molecule is CCNCc1cccc(CC)c1.[HH]. The van der Waals surface area contributed by atoms with Gasteiger partial charge < -0.3 is 5.32 Å². The molecule has 1 N–H and O–H groups in total. The molecule has 0 fully saturated rings. The van der Waals surface area contributed by atoms with Crippen molar-refractivity contribution in [2.24, 2.45) is 0 Å². The van der Waals surface area contributed by atoms with Crippen molar-refractivity contribution in [3.63, 3.8) is 0 Å². The Labute approximate surface area is 76.3 Å². The third-order valence-electron chi connectivity index (χ3n) is 1.98. The average molecular weight is 165 g/mol. The van der Waals surface area contributed by atoms with Crippen molar-refractivity contribution >= 4 is 0 Å². The van der Waals surface area contributed by atoms with Crippen molar-refractivity contribution in [3.05, 3.63) is 35.4 Å². The van der Waals surface area contributed by atoms with Crippen LogP contribution >= 0.6 is 0 Å². The molecule has 0 radical (unpaired) electrons. The van der Waals surface area contributed by atoms with E-state index in [0.717, 1.165) is 19.5 Å². The maximum Gasteiger partial charge on any atom is 0.0205 e. The highest BCUT2D eigenvalue weighted by Crippen LogP contribution is 2.05. The maximum atomic E-state index is 3.32. The Morgan fingerprint density at radius 2 is 2.00 bits per heavy atom. The van der Waals surface area contributed by atoms with Crippen LogP contribution in [-0.4, -0.2) is 6.54 Å². The van der Waals surface area contributed by atoms with Crippen LogP contribution in [0.4, 0.5) is 0 Å². The van der Waals surface area contributed by atoms with Gasteiger partial charge in [0.2, 0.25) is 0 Å². The van der Waals surface area contributed by atoms with E-state index in [2.05, 4.69) is 43.4 Å². The molecule has 1 aromatic carbocycles. The first-order valence-corrected chi connectivity index (χ1v) is 4.65. The van der Waals surface area contributed by atoms with Crippen molar-refractivity contribution in [3.8, 4) is 0 Å². The third-order valence-corrected chi connectivity index (χ3v) is 1.98. The molecule has 1 heteroatoms. The van der Waals surface area contributed by atoms with Gasteiger partial charge in [-0.2, -0.15) is 0 Å². The largest absolute Gasteiger partial charge is 0.313 e. The van der Waals surface area contributed by atoms with Crippen LogP contribution in [0.3, 0.4) is 0 Å². The topological polar surface area (TPSA) is 12.0 Å². The molecule has 0 spiro atoms. The van der Waals surface area contributed by atoms with Gasteiger partial charge in [-0.25, -0.2) is 0 Å². The molecule has 0 aliphatic heterocycles. The van der Waals surface area contributed by atoms with Gasteiger partial charge >= 0.3 is 0 Å². The summed E-state index contributed by atoms with van der Waals surface area (Å²) in [4.78, 5) is 0. The van der Waals surface area contributed by atoms with E-state index in [4.69, 9.17) is 0 Å². The minimum Gasteiger partial charge on any atom is -0.313 e. The second-order valence-electron chi connectivity index (χ2n) is 2.95. The standard InChI is InChI=1S/C11H17N.H2/c1-3-10-6-5-7-11(8-10)9-12-4-2;/h5-8,12H,3-4,9H2,1-2H3;1H. The smallest absolute Gasteiger partial charge is 0.0205 e. The number of hydrogen-bond donors (Lipinski definition) is 1. The van der Waals surface area contributed by atoms with Gasteiger partial charge in [0.15, 0.2) is 0 Å². The van der Waals surface area contributed by atoms with Crippen LogP contribution in [0.2, 0.25) is 0 Å². The molecule has 1 rings (SSSR count). The summed E-state index contributed by atoms with van der Waals surface area (Å²) >= 11 is 0. The number of rotatable bonds is 4. The molecule has 0 bridgehead atoms. The maximum absolute atomic E-state index is 3.32. The molecule has 12 heavy (non-hydrogen) atoms. The number of hydrogen-bond acceptors (Lipinski definition) is 1. The lowest BCUT2D eigenvalue weighted by atomic mass is 10.1. The molecule has 0 unspecified atom stereocenters. The Morgan fingerprint density at radius 1 is 1.25 bits per heavy atom. The van der Waals surface area contributed by atoms with E-state index >= 15 is 0 Å². The molecule has 0 atom stereocenters. The Morgan fingerprint density at radius 3 is 2.67 bits per heavy atom. The second-order valence-corrected chi connectivity index (χ2v) is 2.95. The zero-order chi connectivity index (χ0) is 8.81. The highest BCUT2D eigenvalue weighted by molar-refractivity contribution is 5.23. The van der Waals surface area contributed by atoms with Gasteiger partial charge in [-0.1, -0.05) is 38.1 Å². The van der Waals surface area contributed by atoms with E-state index in [1.165, 1.54) is 11.1 Å². The molecule has 0 heterocycles. The van der Waals surface area contributed by atoms with Crippen LogP contribution in [0.1, 0.15) is 26.4 Å². The lowest BCUT2D eigenvalue weighted by Crippen LogP contribution is -2.11. The van der Waals surface area contributed by atoms with E-state index < -0.39 is 0 Å². The summed E-state index contributed by atoms with van der Waals surface area (Å²) < 4.78 is 0. The van der Waals surface area contributed by atoms with Crippen molar-refractivity contribution in [1.29, 1.82) is 0 Å². The molecule has 1 nitrogen and oxygen atoms in total. The predicted molar refractivity (Wildman–Crippen MR) is 55.3 cm³/mol. The van der Waals surface area contributed by atoms with E-state index in [0.29, 0.717) is 0 Å². The minimum atomic E-state index is 0. The van der Waals surface area contributed by atoms with Crippen molar-refractivity contribution in [1.82, 2.24) is 5.32 Å². The fraction of sp³-hybridized carbons (Fsp3) is 0.455. The van der Waals surface area contributed by atoms with Crippen LogP contribution in [0.25, 0.3) is 0 Å². The number of benzene rings is 1. The summed E-state index contributed by atoms with van der Waals surface area (Å²) in [6, 6.07) is 8.74. The van der Waals surface area contributed by atoms with Crippen LogP contribution in [0.15, 0.2) is 24.3 Å². The van der Waals surface area contributed by atoms with Gasteiger partial charge in [0.05, 0.1) is 0 Å². The van der Waals surface area contributed by atoms with Gasteiger partial charge in [-0.15, -0.1) is 0 Å². The summed E-state index contributed by atoms with van der Waals surface area (Å²) in [6.07, 6.45) is 1.12. The summed E-state index contributed by atoms with van der Waals surface area (Å²) in [5, 5.41) is 3.32. The summed E-state index contributed by atoms with van der Waals surface area (Å²) in [5.74, 6) is 0.